The molecule has 0 aliphatic heterocycles. The number of benzene rings is 1. The van der Waals surface area contributed by atoms with Crippen LogP contribution in [0.5, 0.6) is 5.75 Å². The monoisotopic (exact) mass is 323 g/mol. The Morgan fingerprint density at radius 2 is 2.12 bits per heavy atom. The van der Waals surface area contributed by atoms with Gasteiger partial charge in [0.2, 0.25) is 0 Å². The number of carbonyl (C=O) groups is 1. The highest BCUT2D eigenvalue weighted by Crippen LogP contribution is 2.29. The molecule has 5 nitrogen and oxygen atoms in total. The molecule has 0 saturated heterocycles. The fourth-order valence-electron chi connectivity index (χ4n) is 3.01. The van der Waals surface area contributed by atoms with E-state index in [1.54, 1.807) is 18.5 Å². The topological polar surface area (TPSA) is 56.1 Å². The van der Waals surface area contributed by atoms with E-state index in [9.17, 15) is 4.79 Å². The minimum absolute atomic E-state index is 0.128. The molecule has 0 saturated carbocycles. The third kappa shape index (κ3) is 2.85. The molecule has 3 aromatic rings. The normalized spacial score (nSPS) is 10.8. The molecular weight excluding hydrogens is 302 g/mol. The zero-order valence-corrected chi connectivity index (χ0v) is 14.2. The van der Waals surface area contributed by atoms with Gasteiger partial charge in [0.15, 0.2) is 0 Å². The molecule has 0 spiro atoms. The van der Waals surface area contributed by atoms with Crippen molar-refractivity contribution < 1.29 is 9.53 Å². The Balaban J connectivity index is 2.06. The van der Waals surface area contributed by atoms with Crippen LogP contribution in [0.15, 0.2) is 42.7 Å². The van der Waals surface area contributed by atoms with Gasteiger partial charge < -0.3 is 14.6 Å². The minimum atomic E-state index is -0.128. The maximum atomic E-state index is 12.8. The summed E-state index contributed by atoms with van der Waals surface area (Å²) in [6.45, 7) is 7.31. The quantitative estimate of drug-likeness (QED) is 0.771. The van der Waals surface area contributed by atoms with Crippen molar-refractivity contribution in [1.29, 1.82) is 0 Å². The Bertz CT molecular complexity index is 869. The van der Waals surface area contributed by atoms with Gasteiger partial charge in [0, 0.05) is 23.6 Å². The second kappa shape index (κ2) is 6.74. The van der Waals surface area contributed by atoms with Crippen LogP contribution < -0.4 is 10.1 Å². The molecule has 124 valence electrons. The van der Waals surface area contributed by atoms with Crippen LogP contribution in [-0.2, 0) is 6.54 Å². The molecule has 0 atom stereocenters. The third-order valence-electron chi connectivity index (χ3n) is 4.05. The van der Waals surface area contributed by atoms with Crippen LogP contribution in [0.2, 0.25) is 0 Å². The largest absolute Gasteiger partial charge is 0.494 e. The van der Waals surface area contributed by atoms with E-state index in [4.69, 9.17) is 4.74 Å². The lowest BCUT2D eigenvalue weighted by atomic mass is 10.1. The van der Waals surface area contributed by atoms with Gasteiger partial charge in [-0.15, -0.1) is 0 Å². The van der Waals surface area contributed by atoms with E-state index in [0.717, 1.165) is 22.2 Å². The molecule has 0 aliphatic rings. The first-order chi connectivity index (χ1) is 11.7. The highest BCUT2D eigenvalue weighted by molar-refractivity contribution is 6.08. The van der Waals surface area contributed by atoms with Crippen molar-refractivity contribution in [2.24, 2.45) is 0 Å². The van der Waals surface area contributed by atoms with Gasteiger partial charge in [-0.1, -0.05) is 0 Å². The number of anilines is 1. The molecule has 0 fully saturated rings. The van der Waals surface area contributed by atoms with Crippen LogP contribution in [-0.4, -0.2) is 22.1 Å². The van der Waals surface area contributed by atoms with Gasteiger partial charge in [-0.05, 0) is 56.7 Å². The SMILES string of the molecule is CCOc1ccc2c(c1)c(C)c(C(=O)Nc1cccnc1)n2CC. The van der Waals surface area contributed by atoms with Crippen LogP contribution >= 0.6 is 0 Å². The standard InChI is InChI=1S/C19H21N3O2/c1-4-22-17-9-8-15(24-5-2)11-16(17)13(3)18(22)19(23)21-14-7-6-10-20-12-14/h6-12H,4-5H2,1-3H3,(H,21,23). The molecule has 0 bridgehead atoms. The fraction of sp³-hybridized carbons (Fsp3) is 0.263. The number of nitrogens with zero attached hydrogens (tertiary/aromatic N) is 2. The number of aryl methyl sites for hydroxylation is 2. The summed E-state index contributed by atoms with van der Waals surface area (Å²) in [6.07, 6.45) is 3.32. The molecule has 0 aliphatic carbocycles. The maximum Gasteiger partial charge on any atom is 0.272 e. The van der Waals surface area contributed by atoms with Crippen molar-refractivity contribution in [2.75, 3.05) is 11.9 Å². The molecule has 1 aromatic carbocycles. The van der Waals surface area contributed by atoms with Crippen molar-refractivity contribution in [3.63, 3.8) is 0 Å². The number of hydrogen-bond donors (Lipinski definition) is 1. The number of amides is 1. The van der Waals surface area contributed by atoms with Crippen molar-refractivity contribution in [2.45, 2.75) is 27.3 Å². The molecule has 24 heavy (non-hydrogen) atoms. The van der Waals surface area contributed by atoms with E-state index in [-0.39, 0.29) is 5.91 Å². The van der Waals surface area contributed by atoms with Crippen LogP contribution in [0.4, 0.5) is 5.69 Å². The first-order valence-electron chi connectivity index (χ1n) is 8.12. The lowest BCUT2D eigenvalue weighted by Gasteiger charge is -2.09. The summed E-state index contributed by atoms with van der Waals surface area (Å²) in [5.41, 5.74) is 3.35. The third-order valence-corrected chi connectivity index (χ3v) is 4.05. The maximum absolute atomic E-state index is 12.8. The Labute approximate surface area is 141 Å². The summed E-state index contributed by atoms with van der Waals surface area (Å²) in [5.74, 6) is 0.692. The summed E-state index contributed by atoms with van der Waals surface area (Å²) in [7, 11) is 0. The van der Waals surface area contributed by atoms with Gasteiger partial charge in [-0.3, -0.25) is 9.78 Å². The Kier molecular flexibility index (Phi) is 4.51. The molecule has 2 heterocycles. The minimum Gasteiger partial charge on any atom is -0.494 e. The predicted molar refractivity (Wildman–Crippen MR) is 95.7 cm³/mol. The summed E-state index contributed by atoms with van der Waals surface area (Å²) >= 11 is 0. The second-order valence-corrected chi connectivity index (χ2v) is 5.53. The van der Waals surface area contributed by atoms with E-state index in [1.165, 1.54) is 0 Å². The number of carbonyl (C=O) groups excluding carboxylic acids is 1. The zero-order valence-electron chi connectivity index (χ0n) is 14.2. The molecule has 2 aromatic heterocycles. The van der Waals surface area contributed by atoms with Crippen molar-refractivity contribution in [3.05, 3.63) is 54.0 Å². The molecule has 0 radical (unpaired) electrons. The number of pyridine rings is 1. The molecule has 1 amide bonds. The molecule has 3 rings (SSSR count). The van der Waals surface area contributed by atoms with Crippen molar-refractivity contribution in [1.82, 2.24) is 9.55 Å². The van der Waals surface area contributed by atoms with Crippen LogP contribution in [0, 0.1) is 6.92 Å². The highest BCUT2D eigenvalue weighted by atomic mass is 16.5. The number of hydrogen-bond acceptors (Lipinski definition) is 3. The smallest absolute Gasteiger partial charge is 0.272 e. The predicted octanol–water partition coefficient (Wildman–Crippen LogP) is 4.02. The summed E-state index contributed by atoms with van der Waals surface area (Å²) in [6, 6.07) is 9.58. The van der Waals surface area contributed by atoms with E-state index in [0.29, 0.717) is 24.5 Å². The van der Waals surface area contributed by atoms with E-state index >= 15 is 0 Å². The van der Waals surface area contributed by atoms with Crippen LogP contribution in [0.1, 0.15) is 29.9 Å². The number of fused-ring (bicyclic) bond motifs is 1. The lowest BCUT2D eigenvalue weighted by molar-refractivity contribution is 0.101. The zero-order chi connectivity index (χ0) is 17.1. The van der Waals surface area contributed by atoms with Gasteiger partial charge in [0.1, 0.15) is 11.4 Å². The van der Waals surface area contributed by atoms with E-state index in [1.807, 2.05) is 49.6 Å². The molecule has 1 N–H and O–H groups in total. The van der Waals surface area contributed by atoms with Gasteiger partial charge >= 0.3 is 0 Å². The fourth-order valence-corrected chi connectivity index (χ4v) is 3.01. The Morgan fingerprint density at radius 1 is 1.29 bits per heavy atom. The lowest BCUT2D eigenvalue weighted by Crippen LogP contribution is -2.17. The number of aromatic nitrogens is 2. The molecular formula is C19H21N3O2. The van der Waals surface area contributed by atoms with Crippen molar-refractivity contribution >= 4 is 22.5 Å². The van der Waals surface area contributed by atoms with Gasteiger partial charge in [0.05, 0.1) is 18.5 Å². The van der Waals surface area contributed by atoms with E-state index in [2.05, 4.69) is 10.3 Å². The van der Waals surface area contributed by atoms with Gasteiger partial charge in [-0.25, -0.2) is 0 Å². The van der Waals surface area contributed by atoms with Gasteiger partial charge in [0.25, 0.3) is 5.91 Å². The molecule has 5 heteroatoms. The summed E-state index contributed by atoms with van der Waals surface area (Å²) in [5, 5.41) is 3.96. The highest BCUT2D eigenvalue weighted by Gasteiger charge is 2.20. The average Bonchev–Trinajstić information content (AvgIpc) is 2.88. The Hall–Kier alpha value is -2.82. The summed E-state index contributed by atoms with van der Waals surface area (Å²) < 4.78 is 7.62. The van der Waals surface area contributed by atoms with E-state index < -0.39 is 0 Å². The van der Waals surface area contributed by atoms with Crippen LogP contribution in [0.3, 0.4) is 0 Å². The van der Waals surface area contributed by atoms with Crippen molar-refractivity contribution in [3.8, 4) is 5.75 Å². The molecule has 0 unspecified atom stereocenters. The number of nitrogens with one attached hydrogen (secondary N) is 1. The van der Waals surface area contributed by atoms with Gasteiger partial charge in [-0.2, -0.15) is 0 Å². The average molecular weight is 323 g/mol. The van der Waals surface area contributed by atoms with Crippen LogP contribution in [0.25, 0.3) is 10.9 Å². The first-order valence-corrected chi connectivity index (χ1v) is 8.12. The number of rotatable bonds is 5. The first kappa shape index (κ1) is 16.1. The number of ether oxygens (including phenoxy) is 1. The Morgan fingerprint density at radius 3 is 2.79 bits per heavy atom. The summed E-state index contributed by atoms with van der Waals surface area (Å²) in [4.78, 5) is 16.8. The second-order valence-electron chi connectivity index (χ2n) is 5.53.